The van der Waals surface area contributed by atoms with Gasteiger partial charge in [0.1, 0.15) is 0 Å². The molecule has 2 heterocycles. The Morgan fingerprint density at radius 3 is 2.41 bits per heavy atom. The lowest BCUT2D eigenvalue weighted by Gasteiger charge is -2.31. The van der Waals surface area contributed by atoms with Crippen LogP contribution in [0, 0.1) is 0 Å². The van der Waals surface area contributed by atoms with Gasteiger partial charge in [-0.15, -0.1) is 0 Å². The smallest absolute Gasteiger partial charge is 0.251 e. The van der Waals surface area contributed by atoms with Crippen LogP contribution in [0.3, 0.4) is 0 Å². The zero-order valence-corrected chi connectivity index (χ0v) is 16.1. The summed E-state index contributed by atoms with van der Waals surface area (Å²) in [6.07, 6.45) is 6.63. The third-order valence-electron chi connectivity index (χ3n) is 5.32. The van der Waals surface area contributed by atoms with Crippen molar-refractivity contribution in [1.29, 1.82) is 0 Å². The number of rotatable bonds is 6. The molecule has 1 aliphatic heterocycles. The van der Waals surface area contributed by atoms with Crippen molar-refractivity contribution in [3.8, 4) is 0 Å². The highest BCUT2D eigenvalue weighted by atomic mass is 16.2. The normalized spacial score (nSPS) is 16.5. The first-order valence-corrected chi connectivity index (χ1v) is 9.96. The molecule has 27 heavy (non-hydrogen) atoms. The molecule has 0 aliphatic carbocycles. The molecule has 5 heteroatoms. The minimum atomic E-state index is -0.189. The van der Waals surface area contributed by atoms with Gasteiger partial charge in [-0.25, -0.2) is 0 Å². The maximum absolute atomic E-state index is 12.6. The van der Waals surface area contributed by atoms with Crippen LogP contribution in [0.25, 0.3) is 0 Å². The lowest BCUT2D eigenvalue weighted by molar-refractivity contribution is 0.0933. The standard InChI is InChI=1S/C22H29N3O2/c1-2-24-15-12-19(16-21(24)26)22(27)23-17-20(18-10-6-5-7-11-18)25-13-8-3-4-9-14-25/h5-7,10-12,15-16,20H,2-4,8-9,13-14,17H2,1H3,(H,23,27)/t20-/m0/s1. The molecule has 1 aliphatic rings. The topological polar surface area (TPSA) is 54.3 Å². The van der Waals surface area contributed by atoms with Crippen molar-refractivity contribution in [2.75, 3.05) is 19.6 Å². The van der Waals surface area contributed by atoms with Gasteiger partial charge < -0.3 is 9.88 Å². The molecule has 144 valence electrons. The molecular formula is C22H29N3O2. The Balaban J connectivity index is 1.73. The van der Waals surface area contributed by atoms with Crippen LogP contribution in [0.1, 0.15) is 54.6 Å². The number of pyridine rings is 1. The molecule has 1 amide bonds. The summed E-state index contributed by atoms with van der Waals surface area (Å²) in [6, 6.07) is 13.7. The summed E-state index contributed by atoms with van der Waals surface area (Å²) in [4.78, 5) is 27.1. The van der Waals surface area contributed by atoms with E-state index in [0.717, 1.165) is 13.1 Å². The van der Waals surface area contributed by atoms with Gasteiger partial charge in [-0.05, 0) is 44.5 Å². The fourth-order valence-corrected chi connectivity index (χ4v) is 3.74. The Hall–Kier alpha value is -2.40. The van der Waals surface area contributed by atoms with E-state index < -0.39 is 0 Å². The Labute approximate surface area is 161 Å². The first kappa shape index (κ1) is 19.4. The molecule has 1 N–H and O–H groups in total. The highest BCUT2D eigenvalue weighted by molar-refractivity contribution is 5.94. The van der Waals surface area contributed by atoms with Gasteiger partial charge in [0.05, 0.1) is 6.04 Å². The molecule has 5 nitrogen and oxygen atoms in total. The monoisotopic (exact) mass is 367 g/mol. The summed E-state index contributed by atoms with van der Waals surface area (Å²) in [5, 5.41) is 3.05. The first-order valence-electron chi connectivity index (χ1n) is 9.96. The van der Waals surface area contributed by atoms with E-state index in [4.69, 9.17) is 0 Å². The van der Waals surface area contributed by atoms with E-state index in [-0.39, 0.29) is 17.5 Å². The molecule has 0 saturated carbocycles. The van der Waals surface area contributed by atoms with Crippen LogP contribution < -0.4 is 10.9 Å². The zero-order valence-electron chi connectivity index (χ0n) is 16.1. The van der Waals surface area contributed by atoms with Gasteiger partial charge in [-0.2, -0.15) is 0 Å². The van der Waals surface area contributed by atoms with Crippen molar-refractivity contribution in [3.63, 3.8) is 0 Å². The molecule has 1 saturated heterocycles. The summed E-state index contributed by atoms with van der Waals surface area (Å²) in [7, 11) is 0. The van der Waals surface area contributed by atoms with E-state index in [1.165, 1.54) is 37.3 Å². The summed E-state index contributed by atoms with van der Waals surface area (Å²) in [5.41, 5.74) is 1.51. The van der Waals surface area contributed by atoms with Gasteiger partial charge in [0.15, 0.2) is 0 Å². The van der Waals surface area contributed by atoms with Crippen LogP contribution >= 0.6 is 0 Å². The molecule has 0 radical (unpaired) electrons. The second kappa shape index (κ2) is 9.51. The van der Waals surface area contributed by atoms with Crippen LogP contribution in [0.15, 0.2) is 53.5 Å². The SMILES string of the molecule is CCn1ccc(C(=O)NC[C@@H](c2ccccc2)N2CCCCCC2)cc1=O. The molecule has 2 aromatic rings. The summed E-state index contributed by atoms with van der Waals surface area (Å²) in [6.45, 7) is 5.17. The lowest BCUT2D eigenvalue weighted by atomic mass is 10.0. The number of nitrogens with zero attached hydrogens (tertiary/aromatic N) is 2. The molecule has 1 fully saturated rings. The van der Waals surface area contributed by atoms with Crippen LogP contribution in [-0.4, -0.2) is 35.0 Å². The predicted octanol–water partition coefficient (Wildman–Crippen LogP) is 3.22. The quantitative estimate of drug-likeness (QED) is 0.853. The average molecular weight is 367 g/mol. The molecule has 0 bridgehead atoms. The van der Waals surface area contributed by atoms with Gasteiger partial charge in [-0.1, -0.05) is 43.2 Å². The number of aryl methyl sites for hydroxylation is 1. The van der Waals surface area contributed by atoms with E-state index in [0.29, 0.717) is 18.7 Å². The van der Waals surface area contributed by atoms with Crippen molar-refractivity contribution in [2.45, 2.75) is 45.2 Å². The van der Waals surface area contributed by atoms with Crippen LogP contribution in [0.4, 0.5) is 0 Å². The van der Waals surface area contributed by atoms with E-state index in [2.05, 4.69) is 22.3 Å². The van der Waals surface area contributed by atoms with Gasteiger partial charge in [-0.3, -0.25) is 14.5 Å². The summed E-state index contributed by atoms with van der Waals surface area (Å²) >= 11 is 0. The third-order valence-corrected chi connectivity index (χ3v) is 5.32. The molecule has 1 atom stereocenters. The fourth-order valence-electron chi connectivity index (χ4n) is 3.74. The second-order valence-electron chi connectivity index (χ2n) is 7.13. The van der Waals surface area contributed by atoms with Crippen molar-refractivity contribution < 1.29 is 4.79 Å². The lowest BCUT2D eigenvalue weighted by Crippen LogP contribution is -2.39. The number of benzene rings is 1. The first-order chi connectivity index (χ1) is 13.2. The van der Waals surface area contributed by atoms with Crippen molar-refractivity contribution in [3.05, 3.63) is 70.1 Å². The third kappa shape index (κ3) is 5.07. The fraction of sp³-hybridized carbons (Fsp3) is 0.455. The maximum Gasteiger partial charge on any atom is 0.251 e. The van der Waals surface area contributed by atoms with Crippen molar-refractivity contribution >= 4 is 5.91 Å². The highest BCUT2D eigenvalue weighted by Gasteiger charge is 2.22. The van der Waals surface area contributed by atoms with Gasteiger partial charge in [0.2, 0.25) is 0 Å². The number of hydrogen-bond donors (Lipinski definition) is 1. The second-order valence-corrected chi connectivity index (χ2v) is 7.13. The van der Waals surface area contributed by atoms with Crippen LogP contribution in [0.2, 0.25) is 0 Å². The van der Waals surface area contributed by atoms with E-state index in [1.54, 1.807) is 16.8 Å². The number of hydrogen-bond acceptors (Lipinski definition) is 3. The molecule has 3 rings (SSSR count). The number of carbonyl (C=O) groups is 1. The Kier molecular flexibility index (Phi) is 6.82. The number of carbonyl (C=O) groups excluding carboxylic acids is 1. The van der Waals surface area contributed by atoms with Gasteiger partial charge in [0.25, 0.3) is 11.5 Å². The number of amides is 1. The Morgan fingerprint density at radius 1 is 1.07 bits per heavy atom. The molecular weight excluding hydrogens is 338 g/mol. The van der Waals surface area contributed by atoms with Gasteiger partial charge >= 0.3 is 0 Å². The van der Waals surface area contributed by atoms with E-state index >= 15 is 0 Å². The molecule has 0 unspecified atom stereocenters. The number of aromatic nitrogens is 1. The van der Waals surface area contributed by atoms with Crippen molar-refractivity contribution in [1.82, 2.24) is 14.8 Å². The summed E-state index contributed by atoms with van der Waals surface area (Å²) < 4.78 is 1.58. The average Bonchev–Trinajstić information content (AvgIpc) is 2.98. The zero-order chi connectivity index (χ0) is 19.1. The molecule has 0 spiro atoms. The Morgan fingerprint density at radius 2 is 1.78 bits per heavy atom. The summed E-state index contributed by atoms with van der Waals surface area (Å²) in [5.74, 6) is -0.189. The minimum absolute atomic E-state index is 0.141. The highest BCUT2D eigenvalue weighted by Crippen LogP contribution is 2.23. The van der Waals surface area contributed by atoms with E-state index in [9.17, 15) is 9.59 Å². The molecule has 1 aromatic carbocycles. The molecule has 1 aromatic heterocycles. The predicted molar refractivity (Wildman–Crippen MR) is 108 cm³/mol. The van der Waals surface area contributed by atoms with Crippen LogP contribution in [0.5, 0.6) is 0 Å². The minimum Gasteiger partial charge on any atom is -0.350 e. The maximum atomic E-state index is 12.6. The van der Waals surface area contributed by atoms with Crippen LogP contribution in [-0.2, 0) is 6.54 Å². The number of likely N-dealkylation sites (tertiary alicyclic amines) is 1. The largest absolute Gasteiger partial charge is 0.350 e. The number of nitrogens with one attached hydrogen (secondary N) is 1. The van der Waals surface area contributed by atoms with Crippen molar-refractivity contribution in [2.24, 2.45) is 0 Å². The Bertz CT molecular complexity index is 793. The van der Waals surface area contributed by atoms with E-state index in [1.807, 2.05) is 25.1 Å². The van der Waals surface area contributed by atoms with Gasteiger partial charge in [0, 0.05) is 30.9 Å².